The lowest BCUT2D eigenvalue weighted by Crippen LogP contribution is -2.27. The molecule has 156 valence electrons. The lowest BCUT2D eigenvalue weighted by atomic mass is 10.1. The fraction of sp³-hybridized carbons (Fsp3) is 0.333. The predicted molar refractivity (Wildman–Crippen MR) is 120 cm³/mol. The van der Waals surface area contributed by atoms with Gasteiger partial charge in [0.1, 0.15) is 0 Å². The van der Waals surface area contributed by atoms with Crippen molar-refractivity contribution in [2.45, 2.75) is 32.7 Å². The molecule has 1 atom stereocenters. The van der Waals surface area contributed by atoms with Crippen LogP contribution in [0.15, 0.2) is 36.0 Å². The zero-order valence-electron chi connectivity index (χ0n) is 17.1. The van der Waals surface area contributed by atoms with Crippen LogP contribution in [0, 0.1) is 6.92 Å². The summed E-state index contributed by atoms with van der Waals surface area (Å²) in [5.74, 6) is -0.121. The van der Waals surface area contributed by atoms with Gasteiger partial charge in [0.2, 0.25) is 0 Å². The highest BCUT2D eigenvalue weighted by Crippen LogP contribution is 2.29. The number of aromatic nitrogens is 5. The monoisotopic (exact) mass is 442 g/mol. The summed E-state index contributed by atoms with van der Waals surface area (Å²) < 4.78 is 3.59. The van der Waals surface area contributed by atoms with Crippen LogP contribution in [0.3, 0.4) is 0 Å². The van der Waals surface area contributed by atoms with Crippen LogP contribution in [0.1, 0.15) is 41.9 Å². The Labute approximate surface area is 183 Å². The number of hydrogen-bond acceptors (Lipinski definition) is 5. The number of nitrogens with zero attached hydrogens (tertiary/aromatic N) is 5. The summed E-state index contributed by atoms with van der Waals surface area (Å²) in [5, 5.41) is 15.2. The van der Waals surface area contributed by atoms with Crippen molar-refractivity contribution in [2.75, 3.05) is 6.54 Å². The summed E-state index contributed by atoms with van der Waals surface area (Å²) in [6.45, 7) is 4.53. The molecule has 0 aliphatic carbocycles. The Morgan fingerprint density at radius 3 is 2.90 bits per heavy atom. The maximum absolute atomic E-state index is 13.1. The minimum absolute atomic E-state index is 0.121. The van der Waals surface area contributed by atoms with Gasteiger partial charge in [-0.1, -0.05) is 24.6 Å². The lowest BCUT2D eigenvalue weighted by Gasteiger charge is -2.16. The summed E-state index contributed by atoms with van der Waals surface area (Å²) in [6, 6.07) is 6.03. The Hall–Kier alpha value is -2.71. The minimum atomic E-state index is -0.121. The van der Waals surface area contributed by atoms with Gasteiger partial charge in [0.05, 0.1) is 44.5 Å². The molecule has 4 aromatic rings. The number of thiophene rings is 1. The number of aryl methyl sites for hydroxylation is 2. The van der Waals surface area contributed by atoms with Crippen LogP contribution < -0.4 is 5.32 Å². The van der Waals surface area contributed by atoms with Gasteiger partial charge in [-0.15, -0.1) is 11.3 Å². The largest absolute Gasteiger partial charge is 0.352 e. The van der Waals surface area contributed by atoms with Crippen LogP contribution in [0.25, 0.3) is 21.6 Å². The zero-order valence-corrected chi connectivity index (χ0v) is 18.7. The van der Waals surface area contributed by atoms with Gasteiger partial charge in [-0.2, -0.15) is 10.2 Å². The van der Waals surface area contributed by atoms with Gasteiger partial charge in [0, 0.05) is 19.8 Å². The Morgan fingerprint density at radius 2 is 2.23 bits per heavy atom. The third kappa shape index (κ3) is 3.97. The average molecular weight is 443 g/mol. The van der Waals surface area contributed by atoms with Crippen LogP contribution in [0.5, 0.6) is 0 Å². The molecule has 1 N–H and O–H groups in total. The molecule has 0 aliphatic heterocycles. The minimum Gasteiger partial charge on any atom is -0.352 e. The molecule has 0 saturated heterocycles. The van der Waals surface area contributed by atoms with E-state index in [0.29, 0.717) is 22.8 Å². The highest BCUT2D eigenvalue weighted by atomic mass is 35.5. The van der Waals surface area contributed by atoms with Gasteiger partial charge >= 0.3 is 0 Å². The van der Waals surface area contributed by atoms with Crippen molar-refractivity contribution >= 4 is 39.9 Å². The van der Waals surface area contributed by atoms with E-state index < -0.39 is 0 Å². The highest BCUT2D eigenvalue weighted by molar-refractivity contribution is 7.13. The maximum atomic E-state index is 13.1. The first-order valence-electron chi connectivity index (χ1n) is 9.84. The number of carbonyl (C=O) groups is 1. The van der Waals surface area contributed by atoms with E-state index in [1.165, 1.54) is 0 Å². The maximum Gasteiger partial charge on any atom is 0.252 e. The van der Waals surface area contributed by atoms with Crippen molar-refractivity contribution in [3.63, 3.8) is 0 Å². The number of rotatable bonds is 7. The van der Waals surface area contributed by atoms with E-state index in [1.54, 1.807) is 22.2 Å². The van der Waals surface area contributed by atoms with E-state index in [4.69, 9.17) is 16.6 Å². The first-order valence-corrected chi connectivity index (χ1v) is 11.1. The number of carbonyl (C=O) groups excluding carboxylic acids is 1. The van der Waals surface area contributed by atoms with Gasteiger partial charge in [-0.25, -0.2) is 4.98 Å². The van der Waals surface area contributed by atoms with Crippen molar-refractivity contribution < 1.29 is 4.79 Å². The SMILES string of the molecule is CC[C@@H](CCNC(=O)c1cc(-c2cccs2)nc2c1c(C)nn2C)n1cc(Cl)cn1. The summed E-state index contributed by atoms with van der Waals surface area (Å²) >= 11 is 7.59. The predicted octanol–water partition coefficient (Wildman–Crippen LogP) is 4.63. The van der Waals surface area contributed by atoms with Crippen molar-refractivity contribution in [2.24, 2.45) is 7.05 Å². The molecule has 4 rings (SSSR count). The van der Waals surface area contributed by atoms with E-state index in [9.17, 15) is 4.79 Å². The number of amides is 1. The highest BCUT2D eigenvalue weighted by Gasteiger charge is 2.20. The van der Waals surface area contributed by atoms with Gasteiger partial charge in [-0.3, -0.25) is 14.2 Å². The Bertz CT molecular complexity index is 1180. The lowest BCUT2D eigenvalue weighted by molar-refractivity contribution is 0.0952. The van der Waals surface area contributed by atoms with Crippen LogP contribution >= 0.6 is 22.9 Å². The second-order valence-corrected chi connectivity index (χ2v) is 8.57. The molecule has 0 saturated carbocycles. The normalized spacial score (nSPS) is 12.4. The van der Waals surface area contributed by atoms with E-state index >= 15 is 0 Å². The van der Waals surface area contributed by atoms with Crippen LogP contribution in [-0.4, -0.2) is 37.0 Å². The molecule has 30 heavy (non-hydrogen) atoms. The van der Waals surface area contributed by atoms with Crippen molar-refractivity contribution in [1.82, 2.24) is 29.9 Å². The number of pyridine rings is 1. The third-order valence-corrected chi connectivity index (χ3v) is 6.25. The molecular formula is C21H23ClN6OS. The molecule has 0 radical (unpaired) electrons. The van der Waals surface area contributed by atoms with E-state index in [2.05, 4.69) is 22.4 Å². The molecular weight excluding hydrogens is 420 g/mol. The summed E-state index contributed by atoms with van der Waals surface area (Å²) in [6.07, 6.45) is 5.11. The molecule has 4 aromatic heterocycles. The summed E-state index contributed by atoms with van der Waals surface area (Å²) in [4.78, 5) is 18.9. The first-order chi connectivity index (χ1) is 14.5. The molecule has 0 aromatic carbocycles. The van der Waals surface area contributed by atoms with Gasteiger partial charge < -0.3 is 5.32 Å². The smallest absolute Gasteiger partial charge is 0.252 e. The fourth-order valence-corrected chi connectivity index (χ4v) is 4.49. The summed E-state index contributed by atoms with van der Waals surface area (Å²) in [7, 11) is 1.85. The third-order valence-electron chi connectivity index (χ3n) is 5.17. The zero-order chi connectivity index (χ0) is 21.3. The number of nitrogens with one attached hydrogen (secondary N) is 1. The molecule has 9 heteroatoms. The van der Waals surface area contributed by atoms with Gasteiger partial charge in [0.15, 0.2) is 5.65 Å². The standard InChI is InChI=1S/C21H23ClN6OS/c1-4-15(28-12-14(22)11-24-28)7-8-23-21(29)16-10-17(18-6-5-9-30-18)25-20-19(16)13(2)26-27(20)3/h5-6,9-12,15H,4,7-8H2,1-3H3,(H,23,29)/t15-/m0/s1. The molecule has 7 nitrogen and oxygen atoms in total. The van der Waals surface area contributed by atoms with Gasteiger partial charge in [0.25, 0.3) is 5.91 Å². The molecule has 0 unspecified atom stereocenters. The van der Waals surface area contributed by atoms with Crippen LogP contribution in [0.2, 0.25) is 5.02 Å². The summed E-state index contributed by atoms with van der Waals surface area (Å²) in [5.41, 5.74) is 2.88. The Balaban J connectivity index is 1.58. The van der Waals surface area contributed by atoms with E-state index in [0.717, 1.165) is 34.5 Å². The van der Waals surface area contributed by atoms with Crippen molar-refractivity contribution in [3.8, 4) is 10.6 Å². The molecule has 4 heterocycles. The van der Waals surface area contributed by atoms with Crippen LogP contribution in [0.4, 0.5) is 0 Å². The quantitative estimate of drug-likeness (QED) is 0.452. The Kier molecular flexibility index (Phi) is 5.87. The number of halogens is 1. The molecule has 1 amide bonds. The van der Waals surface area contributed by atoms with Crippen LogP contribution in [-0.2, 0) is 7.05 Å². The number of hydrogen-bond donors (Lipinski definition) is 1. The second-order valence-electron chi connectivity index (χ2n) is 7.19. The second kappa shape index (κ2) is 8.57. The van der Waals surface area contributed by atoms with E-state index in [-0.39, 0.29) is 11.9 Å². The molecule has 0 spiro atoms. The van der Waals surface area contributed by atoms with Crippen molar-refractivity contribution in [1.29, 1.82) is 0 Å². The molecule has 0 bridgehead atoms. The number of fused-ring (bicyclic) bond motifs is 1. The van der Waals surface area contributed by atoms with Crippen molar-refractivity contribution in [3.05, 3.63) is 52.3 Å². The molecule has 0 fully saturated rings. The van der Waals surface area contributed by atoms with Gasteiger partial charge in [-0.05, 0) is 37.3 Å². The first kappa shape index (κ1) is 20.6. The topological polar surface area (TPSA) is 77.6 Å². The molecule has 0 aliphatic rings. The van der Waals surface area contributed by atoms with E-state index in [1.807, 2.05) is 48.4 Å². The average Bonchev–Trinajstić information content (AvgIpc) is 3.46. The fourth-order valence-electron chi connectivity index (χ4n) is 3.66. The Morgan fingerprint density at radius 1 is 1.40 bits per heavy atom.